The fourth-order valence-electron chi connectivity index (χ4n) is 3.87. The van der Waals surface area contributed by atoms with E-state index in [1.807, 2.05) is 7.05 Å². The van der Waals surface area contributed by atoms with Gasteiger partial charge in [0.15, 0.2) is 5.96 Å². The molecule has 25 heavy (non-hydrogen) atoms. The van der Waals surface area contributed by atoms with Gasteiger partial charge in [0, 0.05) is 40.3 Å². The van der Waals surface area contributed by atoms with Crippen LogP contribution in [0.3, 0.4) is 0 Å². The van der Waals surface area contributed by atoms with Crippen LogP contribution >= 0.6 is 24.0 Å². The molecule has 0 bridgehead atoms. The summed E-state index contributed by atoms with van der Waals surface area (Å²) in [5, 5.41) is 3.44. The number of aliphatic imine (C=N–C) groups is 1. The lowest BCUT2D eigenvalue weighted by atomic mass is 9.83. The van der Waals surface area contributed by atoms with E-state index in [9.17, 15) is 8.42 Å². The van der Waals surface area contributed by atoms with Crippen LogP contribution in [0.5, 0.6) is 0 Å². The number of halogens is 1. The Morgan fingerprint density at radius 1 is 1.20 bits per heavy atom. The molecule has 2 fully saturated rings. The predicted molar refractivity (Wildman–Crippen MR) is 115 cm³/mol. The Hall–Kier alpha value is -0.0900. The maximum absolute atomic E-state index is 11.6. The van der Waals surface area contributed by atoms with Crippen LogP contribution in [0.4, 0.5) is 0 Å². The molecule has 148 valence electrons. The van der Waals surface area contributed by atoms with Crippen molar-refractivity contribution in [2.24, 2.45) is 22.7 Å². The summed E-state index contributed by atoms with van der Waals surface area (Å²) >= 11 is 0. The summed E-state index contributed by atoms with van der Waals surface area (Å²) in [6, 6.07) is 0. The van der Waals surface area contributed by atoms with Gasteiger partial charge in [-0.2, -0.15) is 0 Å². The third-order valence-electron chi connectivity index (χ3n) is 5.51. The van der Waals surface area contributed by atoms with Gasteiger partial charge >= 0.3 is 0 Å². The lowest BCUT2D eigenvalue weighted by Gasteiger charge is -2.31. The van der Waals surface area contributed by atoms with Crippen molar-refractivity contribution in [2.75, 3.05) is 46.5 Å². The van der Waals surface area contributed by atoms with Crippen LogP contribution in [0.25, 0.3) is 0 Å². The molecule has 1 N–H and O–H groups in total. The third-order valence-corrected chi connectivity index (χ3v) is 6.78. The molecule has 2 rings (SSSR count). The molecule has 1 aliphatic carbocycles. The first kappa shape index (κ1) is 23.0. The van der Waals surface area contributed by atoms with Gasteiger partial charge in [0.2, 0.25) is 10.0 Å². The molecule has 2 aliphatic rings. The van der Waals surface area contributed by atoms with Crippen LogP contribution in [0.1, 0.15) is 39.0 Å². The van der Waals surface area contributed by atoms with Crippen LogP contribution in [0.15, 0.2) is 4.99 Å². The Bertz CT molecular complexity index is 533. The van der Waals surface area contributed by atoms with Crippen molar-refractivity contribution in [3.05, 3.63) is 0 Å². The smallest absolute Gasteiger partial charge is 0.211 e. The first-order valence-electron chi connectivity index (χ1n) is 9.16. The first-order chi connectivity index (χ1) is 11.3. The second-order valence-electron chi connectivity index (χ2n) is 7.71. The number of nitrogens with zero attached hydrogens (tertiary/aromatic N) is 3. The summed E-state index contributed by atoms with van der Waals surface area (Å²) in [5.41, 5.74) is 0. The van der Waals surface area contributed by atoms with Gasteiger partial charge in [0.1, 0.15) is 0 Å². The topological polar surface area (TPSA) is 65.0 Å². The molecule has 0 aromatic carbocycles. The lowest BCUT2D eigenvalue weighted by molar-refractivity contribution is 0.250. The van der Waals surface area contributed by atoms with E-state index >= 15 is 0 Å². The molecule has 0 spiro atoms. The normalized spacial score (nSPS) is 28.5. The predicted octanol–water partition coefficient (Wildman–Crippen LogP) is 2.22. The standard InChI is InChI=1S/C17H34N4O2S.HI/c1-14-5-7-15(8-6-14)12-20(3)17(18-2)19-11-16-9-10-21(13-16)24(4,22)23;/h14-16H,5-13H2,1-4H3,(H,18,19);1H. The average molecular weight is 486 g/mol. The second-order valence-corrected chi connectivity index (χ2v) is 9.69. The van der Waals surface area contributed by atoms with Gasteiger partial charge in [-0.25, -0.2) is 12.7 Å². The van der Waals surface area contributed by atoms with Gasteiger partial charge in [-0.3, -0.25) is 4.99 Å². The average Bonchev–Trinajstić information content (AvgIpc) is 2.99. The molecule has 1 saturated carbocycles. The lowest BCUT2D eigenvalue weighted by Crippen LogP contribution is -2.43. The van der Waals surface area contributed by atoms with Crippen molar-refractivity contribution in [3.63, 3.8) is 0 Å². The van der Waals surface area contributed by atoms with E-state index in [-0.39, 0.29) is 24.0 Å². The van der Waals surface area contributed by atoms with E-state index in [0.29, 0.717) is 19.0 Å². The van der Waals surface area contributed by atoms with E-state index in [0.717, 1.165) is 37.3 Å². The van der Waals surface area contributed by atoms with Crippen LogP contribution in [-0.2, 0) is 10.0 Å². The molecule has 1 heterocycles. The Morgan fingerprint density at radius 3 is 2.36 bits per heavy atom. The van der Waals surface area contributed by atoms with Gasteiger partial charge < -0.3 is 10.2 Å². The highest BCUT2D eigenvalue weighted by Gasteiger charge is 2.28. The van der Waals surface area contributed by atoms with Crippen molar-refractivity contribution in [2.45, 2.75) is 39.0 Å². The third kappa shape index (κ3) is 7.21. The molecule has 8 heteroatoms. The molecule has 6 nitrogen and oxygen atoms in total. The van der Waals surface area contributed by atoms with E-state index < -0.39 is 10.0 Å². The van der Waals surface area contributed by atoms with Crippen LogP contribution in [0.2, 0.25) is 0 Å². The molecule has 1 atom stereocenters. The van der Waals surface area contributed by atoms with Crippen molar-refractivity contribution < 1.29 is 8.42 Å². The molecular weight excluding hydrogens is 451 g/mol. The fourth-order valence-corrected chi connectivity index (χ4v) is 4.79. The Labute approximate surface area is 170 Å². The molecule has 0 aromatic heterocycles. The quantitative estimate of drug-likeness (QED) is 0.368. The van der Waals surface area contributed by atoms with Gasteiger partial charge in [-0.15, -0.1) is 24.0 Å². The Kier molecular flexibility index (Phi) is 9.45. The van der Waals surface area contributed by atoms with Crippen molar-refractivity contribution in [1.82, 2.24) is 14.5 Å². The molecule has 1 unspecified atom stereocenters. The zero-order chi connectivity index (χ0) is 17.7. The van der Waals surface area contributed by atoms with E-state index in [2.05, 4.69) is 29.2 Å². The zero-order valence-corrected chi connectivity index (χ0v) is 19.2. The summed E-state index contributed by atoms with van der Waals surface area (Å²) in [4.78, 5) is 6.62. The number of hydrogen-bond acceptors (Lipinski definition) is 3. The number of guanidine groups is 1. The second kappa shape index (κ2) is 10.3. The Balaban J connectivity index is 0.00000312. The molecule has 0 aromatic rings. The SMILES string of the molecule is CN=C(NCC1CCN(S(C)(=O)=O)C1)N(C)CC1CCC(C)CC1.I. The monoisotopic (exact) mass is 486 g/mol. The minimum absolute atomic E-state index is 0. The number of nitrogens with one attached hydrogen (secondary N) is 1. The largest absolute Gasteiger partial charge is 0.356 e. The van der Waals surface area contributed by atoms with E-state index in [4.69, 9.17) is 0 Å². The summed E-state index contributed by atoms with van der Waals surface area (Å²) in [5.74, 6) is 2.92. The summed E-state index contributed by atoms with van der Waals surface area (Å²) in [7, 11) is 0.866. The van der Waals surface area contributed by atoms with Crippen molar-refractivity contribution >= 4 is 40.0 Å². The fraction of sp³-hybridized carbons (Fsp3) is 0.941. The number of rotatable bonds is 5. The van der Waals surface area contributed by atoms with Gasteiger partial charge in [-0.1, -0.05) is 19.8 Å². The highest BCUT2D eigenvalue weighted by molar-refractivity contribution is 14.0. The summed E-state index contributed by atoms with van der Waals surface area (Å²) < 4.78 is 24.8. The van der Waals surface area contributed by atoms with Crippen LogP contribution < -0.4 is 5.32 Å². The van der Waals surface area contributed by atoms with Crippen molar-refractivity contribution in [1.29, 1.82) is 0 Å². The zero-order valence-electron chi connectivity index (χ0n) is 16.1. The van der Waals surface area contributed by atoms with Crippen LogP contribution in [0, 0.1) is 17.8 Å². The Morgan fingerprint density at radius 2 is 1.84 bits per heavy atom. The van der Waals surface area contributed by atoms with Gasteiger partial charge in [-0.05, 0) is 37.0 Å². The molecule has 1 saturated heterocycles. The number of sulfonamides is 1. The minimum atomic E-state index is -3.05. The van der Waals surface area contributed by atoms with Crippen LogP contribution in [-0.4, -0.2) is 70.1 Å². The maximum Gasteiger partial charge on any atom is 0.211 e. The number of hydrogen-bond donors (Lipinski definition) is 1. The summed E-state index contributed by atoms with van der Waals surface area (Å²) in [6.07, 6.45) is 7.52. The van der Waals surface area contributed by atoms with Gasteiger partial charge in [0.25, 0.3) is 0 Å². The van der Waals surface area contributed by atoms with E-state index in [1.54, 1.807) is 4.31 Å². The molecule has 0 radical (unpaired) electrons. The van der Waals surface area contributed by atoms with Crippen molar-refractivity contribution in [3.8, 4) is 0 Å². The van der Waals surface area contributed by atoms with Gasteiger partial charge in [0.05, 0.1) is 6.26 Å². The minimum Gasteiger partial charge on any atom is -0.356 e. The molecule has 0 amide bonds. The first-order valence-corrected chi connectivity index (χ1v) is 11.0. The molecule has 1 aliphatic heterocycles. The highest BCUT2D eigenvalue weighted by atomic mass is 127. The maximum atomic E-state index is 11.6. The summed E-state index contributed by atoms with van der Waals surface area (Å²) in [6.45, 7) is 5.44. The molecular formula is C17H35IN4O2S. The van der Waals surface area contributed by atoms with E-state index in [1.165, 1.54) is 31.9 Å². The highest BCUT2D eigenvalue weighted by Crippen LogP contribution is 2.28.